The van der Waals surface area contributed by atoms with Crippen LogP contribution in [0.5, 0.6) is 5.75 Å². The third-order valence-electron chi connectivity index (χ3n) is 14.7. The van der Waals surface area contributed by atoms with Crippen LogP contribution in [-0.2, 0) is 17.8 Å². The number of allylic oxidation sites excluding steroid dienone is 7. The van der Waals surface area contributed by atoms with Gasteiger partial charge in [0.15, 0.2) is 11.6 Å². The molecule has 6 aliphatic heterocycles. The SMILES string of the molecule is O=C1c2cccc3c2C(=O)C2(C(O)=CC(Cc4cccc(CO)c4)=CC12)C(CCCO)SSC1CC2=CC4CCCC4(CC4(O)C(O)C(CO)OC(O3)C4O)C3=CCNC(=C23)N1. The Labute approximate surface area is 367 Å². The molecule has 1 saturated heterocycles. The highest BCUT2D eigenvalue weighted by molar-refractivity contribution is 8.77. The average Bonchev–Trinajstić information content (AvgIpc) is 3.68. The summed E-state index contributed by atoms with van der Waals surface area (Å²) >= 11 is 0. The van der Waals surface area contributed by atoms with Crippen LogP contribution in [0, 0.1) is 22.7 Å². The number of benzene rings is 2. The first-order valence-corrected chi connectivity index (χ1v) is 23.9. The van der Waals surface area contributed by atoms with Gasteiger partial charge in [0, 0.05) is 41.4 Å². The summed E-state index contributed by atoms with van der Waals surface area (Å²) in [4.78, 5) is 31.0. The van der Waals surface area contributed by atoms with Gasteiger partial charge >= 0.3 is 0 Å². The number of rotatable bonds is 7. The van der Waals surface area contributed by atoms with Crippen LogP contribution in [0.2, 0.25) is 0 Å². The molecule has 15 heteroatoms. The highest BCUT2D eigenvalue weighted by atomic mass is 33.1. The van der Waals surface area contributed by atoms with E-state index in [2.05, 4.69) is 22.8 Å². The van der Waals surface area contributed by atoms with E-state index in [1.165, 1.54) is 33.7 Å². The second-order valence-corrected chi connectivity index (χ2v) is 20.7. The zero-order valence-electron chi connectivity index (χ0n) is 34.0. The van der Waals surface area contributed by atoms with E-state index in [1.807, 2.05) is 18.2 Å². The third kappa shape index (κ3) is 6.32. The topological polar surface area (TPSA) is 218 Å². The van der Waals surface area contributed by atoms with Gasteiger partial charge in [-0.25, -0.2) is 0 Å². The number of hydrogen-bond acceptors (Lipinski definition) is 15. The first kappa shape index (κ1) is 42.1. The number of ketones is 2. The fourth-order valence-electron chi connectivity index (χ4n) is 11.9. The monoisotopic (exact) mass is 884 g/mol. The Bertz CT molecular complexity index is 2360. The largest absolute Gasteiger partial charge is 0.511 e. The summed E-state index contributed by atoms with van der Waals surface area (Å²) in [5.41, 5.74) is 0.480. The van der Waals surface area contributed by atoms with Crippen molar-refractivity contribution in [3.05, 3.63) is 123 Å². The van der Waals surface area contributed by atoms with Crippen molar-refractivity contribution in [2.75, 3.05) is 19.8 Å². The molecule has 0 radical (unpaired) electrons. The molecule has 0 aromatic heterocycles. The Morgan fingerprint density at radius 1 is 0.984 bits per heavy atom. The predicted molar refractivity (Wildman–Crippen MR) is 232 cm³/mol. The van der Waals surface area contributed by atoms with E-state index in [1.54, 1.807) is 24.3 Å². The van der Waals surface area contributed by atoms with E-state index in [9.17, 15) is 35.7 Å². The van der Waals surface area contributed by atoms with Gasteiger partial charge in [0.1, 0.15) is 46.7 Å². The molecule has 62 heavy (non-hydrogen) atoms. The molecule has 4 aliphatic carbocycles. The van der Waals surface area contributed by atoms with Gasteiger partial charge in [-0.05, 0) is 84.4 Å². The Kier molecular flexibility index (Phi) is 10.8. The predicted octanol–water partition coefficient (Wildman–Crippen LogP) is 4.05. The average molecular weight is 885 g/mol. The normalized spacial score (nSPS) is 37.1. The molecule has 11 unspecified atom stereocenters. The summed E-state index contributed by atoms with van der Waals surface area (Å²) in [6, 6.07) is 11.9. The van der Waals surface area contributed by atoms with Crippen molar-refractivity contribution >= 4 is 33.2 Å². The minimum absolute atomic E-state index is 0.0179. The number of hydrogen-bond donors (Lipinski definition) is 9. The lowest BCUT2D eigenvalue weighted by Gasteiger charge is -2.54. The van der Waals surface area contributed by atoms with Crippen LogP contribution in [0.3, 0.4) is 0 Å². The summed E-state index contributed by atoms with van der Waals surface area (Å²) in [6.07, 6.45) is 4.87. The second-order valence-electron chi connectivity index (χ2n) is 18.0. The maximum absolute atomic E-state index is 15.8. The van der Waals surface area contributed by atoms with E-state index < -0.39 is 70.4 Å². The Balaban J connectivity index is 1.15. The van der Waals surface area contributed by atoms with Gasteiger partial charge in [0.2, 0.25) is 6.29 Å². The fraction of sp³-hybridized carbons (Fsp3) is 0.489. The first-order valence-electron chi connectivity index (χ1n) is 21.6. The van der Waals surface area contributed by atoms with Crippen LogP contribution in [-0.4, -0.2) is 108 Å². The number of ether oxygens (including phenoxy) is 2. The molecule has 2 aromatic carbocycles. The molecule has 11 atom stereocenters. The molecule has 13 nitrogen and oxygen atoms in total. The van der Waals surface area contributed by atoms with Crippen LogP contribution < -0.4 is 15.4 Å². The molecule has 6 heterocycles. The summed E-state index contributed by atoms with van der Waals surface area (Å²) in [5.74, 6) is -1.80. The third-order valence-corrected chi connectivity index (χ3v) is 17.9. The van der Waals surface area contributed by atoms with Crippen LogP contribution in [0.1, 0.15) is 76.8 Å². The van der Waals surface area contributed by atoms with Crippen molar-refractivity contribution < 1.29 is 54.8 Å². The molecule has 2 fully saturated rings. The summed E-state index contributed by atoms with van der Waals surface area (Å²) in [7, 11) is 2.94. The van der Waals surface area contributed by atoms with Gasteiger partial charge in [-0.2, -0.15) is 0 Å². The van der Waals surface area contributed by atoms with E-state index in [-0.39, 0.29) is 66.4 Å². The van der Waals surface area contributed by atoms with Gasteiger partial charge in [-0.3, -0.25) is 9.59 Å². The molecule has 0 amide bonds. The summed E-state index contributed by atoms with van der Waals surface area (Å²) < 4.78 is 12.5. The fourth-order valence-corrected chi connectivity index (χ4v) is 15.2. The molecule has 10 bridgehead atoms. The highest BCUT2D eigenvalue weighted by Gasteiger charge is 2.65. The van der Waals surface area contributed by atoms with Crippen LogP contribution in [0.4, 0.5) is 0 Å². The van der Waals surface area contributed by atoms with Crippen molar-refractivity contribution in [2.45, 2.75) is 98.8 Å². The van der Waals surface area contributed by atoms with Crippen molar-refractivity contribution in [2.24, 2.45) is 22.7 Å². The standard InChI is InChI=1S/C47H52N2O11S2/c50-14-4-10-35-47-31(17-26(18-34(47)53)16-24-5-1-6-25(15-24)21-51)39(54)29-8-2-9-32(38(29)41(47)56)59-44-42(57)46(58,40(55)33(22-52)60-44)23-45-12-3-7-28(45)19-27-20-36(62-61-35)49-43-37(27)30(45)11-13-48-43/h1-2,5-6,8-9,11,15,17-19,28,31,33,35-36,40,42,44,48-53,55,57-58H,3-4,7,10,12-14,16,20-23H2. The van der Waals surface area contributed by atoms with Gasteiger partial charge in [0.05, 0.1) is 30.1 Å². The molecule has 12 rings (SSSR count). The Morgan fingerprint density at radius 2 is 1.81 bits per heavy atom. The smallest absolute Gasteiger partial charge is 0.229 e. The van der Waals surface area contributed by atoms with Gasteiger partial charge in [0.25, 0.3) is 0 Å². The van der Waals surface area contributed by atoms with E-state index in [0.717, 1.165) is 40.9 Å². The lowest BCUT2D eigenvalue weighted by atomic mass is 9.57. The van der Waals surface area contributed by atoms with Crippen LogP contribution in [0.25, 0.3) is 0 Å². The number of carbonyl (C=O) groups is 2. The molecular weight excluding hydrogens is 833 g/mol. The van der Waals surface area contributed by atoms with E-state index in [0.29, 0.717) is 36.9 Å². The lowest BCUT2D eigenvalue weighted by Crippen LogP contribution is -2.69. The van der Waals surface area contributed by atoms with Crippen molar-refractivity contribution in [3.8, 4) is 5.75 Å². The van der Waals surface area contributed by atoms with E-state index >= 15 is 9.59 Å². The molecule has 9 N–H and O–H groups in total. The maximum atomic E-state index is 15.8. The number of Topliss-reactive ketones (excluding diaryl/α,β-unsaturated/α-hetero) is 2. The Hall–Kier alpha value is -3.90. The van der Waals surface area contributed by atoms with Crippen LogP contribution >= 0.6 is 21.6 Å². The van der Waals surface area contributed by atoms with Crippen molar-refractivity contribution in [1.29, 1.82) is 0 Å². The summed E-state index contributed by atoms with van der Waals surface area (Å²) in [6.45, 7) is -0.549. The number of nitrogens with one attached hydrogen (secondary N) is 2. The van der Waals surface area contributed by atoms with Crippen molar-refractivity contribution in [1.82, 2.24) is 10.6 Å². The molecule has 2 spiro atoms. The van der Waals surface area contributed by atoms with Gasteiger partial charge in [-0.1, -0.05) is 82.6 Å². The minimum atomic E-state index is -2.25. The molecular formula is C47H52N2O11S2. The first-order chi connectivity index (χ1) is 30.0. The van der Waals surface area contributed by atoms with Crippen LogP contribution in [0.15, 0.2) is 101 Å². The summed E-state index contributed by atoms with van der Waals surface area (Å²) in [5, 5.41) is 86.4. The quantitative estimate of drug-likeness (QED) is 0.179. The molecule has 10 aliphatic rings. The van der Waals surface area contributed by atoms with Crippen molar-refractivity contribution in [3.63, 3.8) is 0 Å². The Morgan fingerprint density at radius 3 is 2.61 bits per heavy atom. The molecule has 1 saturated carbocycles. The second kappa shape index (κ2) is 16.0. The number of aliphatic hydroxyl groups excluding tert-OH is 6. The number of aliphatic hydroxyl groups is 7. The molecule has 2 aromatic rings. The number of dihydropyridines is 1. The zero-order chi connectivity index (χ0) is 43.1. The minimum Gasteiger partial charge on any atom is -0.511 e. The van der Waals surface area contributed by atoms with Gasteiger partial charge < -0.3 is 55.9 Å². The molecule has 328 valence electrons. The zero-order valence-corrected chi connectivity index (χ0v) is 35.7. The van der Waals surface area contributed by atoms with Gasteiger partial charge in [-0.15, -0.1) is 0 Å². The number of carbonyl (C=O) groups excluding carboxylic acids is 2. The maximum Gasteiger partial charge on any atom is 0.229 e. The van der Waals surface area contributed by atoms with E-state index in [4.69, 9.17) is 9.47 Å². The lowest BCUT2D eigenvalue weighted by molar-refractivity contribution is -0.320. The highest BCUT2D eigenvalue weighted by Crippen LogP contribution is 2.64.